The van der Waals surface area contributed by atoms with E-state index in [2.05, 4.69) is 10.2 Å². The fourth-order valence-corrected chi connectivity index (χ4v) is 1.40. The van der Waals surface area contributed by atoms with Crippen LogP contribution < -0.4 is 0 Å². The standard InChI is InChI=1S/C11H9ClN2O3/c12-8-3-1-7(2-4-8)11-14-13-9(17-11)5-6-10(15)16/h1-4H,5-6H2,(H,15,16). The van der Waals surface area contributed by atoms with Crippen LogP contribution in [0.3, 0.4) is 0 Å². The number of aliphatic carboxylic acids is 1. The molecular formula is C11H9ClN2O3. The van der Waals surface area contributed by atoms with Crippen LogP contribution in [0.4, 0.5) is 0 Å². The quantitative estimate of drug-likeness (QED) is 0.904. The second-order valence-corrected chi connectivity index (χ2v) is 3.84. The molecule has 1 aromatic carbocycles. The minimum Gasteiger partial charge on any atom is -0.481 e. The van der Waals surface area contributed by atoms with E-state index in [9.17, 15) is 4.79 Å². The van der Waals surface area contributed by atoms with E-state index in [4.69, 9.17) is 21.1 Å². The highest BCUT2D eigenvalue weighted by atomic mass is 35.5. The summed E-state index contributed by atoms with van der Waals surface area (Å²) in [6.45, 7) is 0. The van der Waals surface area contributed by atoms with E-state index in [1.54, 1.807) is 24.3 Å². The predicted octanol–water partition coefficient (Wildman–Crippen LogP) is 2.41. The van der Waals surface area contributed by atoms with Crippen LogP contribution in [0.15, 0.2) is 28.7 Å². The summed E-state index contributed by atoms with van der Waals surface area (Å²) in [4.78, 5) is 10.4. The molecule has 88 valence electrons. The van der Waals surface area contributed by atoms with Gasteiger partial charge in [0.25, 0.3) is 0 Å². The summed E-state index contributed by atoms with van der Waals surface area (Å²) < 4.78 is 5.33. The van der Waals surface area contributed by atoms with E-state index in [-0.39, 0.29) is 12.8 Å². The lowest BCUT2D eigenvalue weighted by Crippen LogP contribution is -1.97. The van der Waals surface area contributed by atoms with Crippen LogP contribution >= 0.6 is 11.6 Å². The number of carbonyl (C=O) groups is 1. The molecule has 0 aliphatic rings. The molecule has 0 radical (unpaired) electrons. The second kappa shape index (κ2) is 4.97. The Balaban J connectivity index is 2.12. The molecule has 0 atom stereocenters. The SMILES string of the molecule is O=C(O)CCc1nnc(-c2ccc(Cl)cc2)o1. The lowest BCUT2D eigenvalue weighted by atomic mass is 10.2. The maximum absolute atomic E-state index is 10.4. The lowest BCUT2D eigenvalue weighted by molar-refractivity contribution is -0.137. The molecule has 0 saturated carbocycles. The van der Waals surface area contributed by atoms with E-state index in [1.807, 2.05) is 0 Å². The Kier molecular flexibility index (Phi) is 3.39. The first-order valence-electron chi connectivity index (χ1n) is 4.95. The third-order valence-corrected chi connectivity index (χ3v) is 2.36. The summed E-state index contributed by atoms with van der Waals surface area (Å²) in [7, 11) is 0. The molecule has 6 heteroatoms. The highest BCUT2D eigenvalue weighted by Crippen LogP contribution is 2.20. The maximum atomic E-state index is 10.4. The van der Waals surface area contributed by atoms with Crippen molar-refractivity contribution >= 4 is 17.6 Å². The molecule has 1 N–H and O–H groups in total. The number of hydrogen-bond acceptors (Lipinski definition) is 4. The molecule has 0 aliphatic heterocycles. The maximum Gasteiger partial charge on any atom is 0.303 e. The second-order valence-electron chi connectivity index (χ2n) is 3.40. The predicted molar refractivity (Wildman–Crippen MR) is 60.7 cm³/mol. The summed E-state index contributed by atoms with van der Waals surface area (Å²) in [5.74, 6) is -0.212. The summed E-state index contributed by atoms with van der Waals surface area (Å²) in [6.07, 6.45) is 0.207. The van der Waals surface area contributed by atoms with Crippen molar-refractivity contribution in [2.75, 3.05) is 0 Å². The van der Waals surface area contributed by atoms with Gasteiger partial charge in [0.1, 0.15) is 0 Å². The smallest absolute Gasteiger partial charge is 0.303 e. The first kappa shape index (κ1) is 11.6. The Morgan fingerprint density at radius 3 is 2.65 bits per heavy atom. The third-order valence-electron chi connectivity index (χ3n) is 2.11. The van der Waals surface area contributed by atoms with E-state index in [0.29, 0.717) is 16.8 Å². The van der Waals surface area contributed by atoms with Crippen LogP contribution in [0.1, 0.15) is 12.3 Å². The third kappa shape index (κ3) is 3.04. The van der Waals surface area contributed by atoms with Gasteiger partial charge in [-0.3, -0.25) is 4.79 Å². The van der Waals surface area contributed by atoms with Gasteiger partial charge < -0.3 is 9.52 Å². The fraction of sp³-hybridized carbons (Fsp3) is 0.182. The van der Waals surface area contributed by atoms with Gasteiger partial charge in [-0.15, -0.1) is 10.2 Å². The van der Waals surface area contributed by atoms with Crippen molar-refractivity contribution < 1.29 is 14.3 Å². The highest BCUT2D eigenvalue weighted by Gasteiger charge is 2.09. The van der Waals surface area contributed by atoms with Gasteiger partial charge in [-0.2, -0.15) is 0 Å². The fourth-order valence-electron chi connectivity index (χ4n) is 1.28. The number of benzene rings is 1. The molecule has 1 heterocycles. The Morgan fingerprint density at radius 1 is 1.29 bits per heavy atom. The molecule has 1 aromatic heterocycles. The molecule has 0 bridgehead atoms. The number of aromatic nitrogens is 2. The molecule has 0 amide bonds. The zero-order valence-corrected chi connectivity index (χ0v) is 9.52. The first-order chi connectivity index (χ1) is 8.15. The van der Waals surface area contributed by atoms with Gasteiger partial charge >= 0.3 is 5.97 Å². The van der Waals surface area contributed by atoms with Crippen molar-refractivity contribution in [3.05, 3.63) is 35.2 Å². The van der Waals surface area contributed by atoms with E-state index >= 15 is 0 Å². The number of rotatable bonds is 4. The Hall–Kier alpha value is -1.88. The molecule has 2 rings (SSSR count). The summed E-state index contributed by atoms with van der Waals surface area (Å²) in [5.41, 5.74) is 0.753. The number of hydrogen-bond donors (Lipinski definition) is 1. The molecule has 2 aromatic rings. The number of nitrogens with zero attached hydrogens (tertiary/aromatic N) is 2. The van der Waals surface area contributed by atoms with Gasteiger partial charge in [-0.25, -0.2) is 0 Å². The molecule has 17 heavy (non-hydrogen) atoms. The van der Waals surface area contributed by atoms with Gasteiger partial charge in [0, 0.05) is 17.0 Å². The average Bonchev–Trinajstić information content (AvgIpc) is 2.76. The van der Waals surface area contributed by atoms with Crippen LogP contribution in [0, 0.1) is 0 Å². The number of aryl methyl sites for hydroxylation is 1. The minimum atomic E-state index is -0.892. The summed E-state index contributed by atoms with van der Waals surface area (Å²) in [5, 5.41) is 16.8. The Morgan fingerprint density at radius 2 is 2.00 bits per heavy atom. The minimum absolute atomic E-state index is 0.0255. The van der Waals surface area contributed by atoms with Crippen molar-refractivity contribution in [2.24, 2.45) is 0 Å². The van der Waals surface area contributed by atoms with E-state index in [0.717, 1.165) is 5.56 Å². The largest absolute Gasteiger partial charge is 0.481 e. The normalized spacial score (nSPS) is 10.4. The van der Waals surface area contributed by atoms with Crippen LogP contribution in [0.25, 0.3) is 11.5 Å². The van der Waals surface area contributed by atoms with Crippen LogP contribution in [-0.2, 0) is 11.2 Å². The van der Waals surface area contributed by atoms with Gasteiger partial charge in [0.2, 0.25) is 11.8 Å². The van der Waals surface area contributed by atoms with Gasteiger partial charge in [-0.1, -0.05) is 11.6 Å². The Labute approximate surface area is 102 Å². The molecule has 5 nitrogen and oxygen atoms in total. The molecule has 0 spiro atoms. The van der Waals surface area contributed by atoms with Crippen molar-refractivity contribution in [1.82, 2.24) is 10.2 Å². The van der Waals surface area contributed by atoms with Gasteiger partial charge in [0.15, 0.2) is 0 Å². The van der Waals surface area contributed by atoms with Crippen molar-refractivity contribution in [3.8, 4) is 11.5 Å². The number of carboxylic acids is 1. The summed E-state index contributed by atoms with van der Waals surface area (Å²) >= 11 is 5.76. The van der Waals surface area contributed by atoms with Gasteiger partial charge in [0.05, 0.1) is 6.42 Å². The van der Waals surface area contributed by atoms with Gasteiger partial charge in [-0.05, 0) is 24.3 Å². The molecule has 0 saturated heterocycles. The number of halogens is 1. The monoisotopic (exact) mass is 252 g/mol. The number of carboxylic acid groups (broad SMARTS) is 1. The highest BCUT2D eigenvalue weighted by molar-refractivity contribution is 6.30. The Bertz CT molecular complexity index is 522. The van der Waals surface area contributed by atoms with Crippen molar-refractivity contribution in [1.29, 1.82) is 0 Å². The molecule has 0 unspecified atom stereocenters. The van der Waals surface area contributed by atoms with E-state index in [1.165, 1.54) is 0 Å². The topological polar surface area (TPSA) is 76.2 Å². The molecule has 0 aliphatic carbocycles. The lowest BCUT2D eigenvalue weighted by Gasteiger charge is -1.94. The van der Waals surface area contributed by atoms with Crippen molar-refractivity contribution in [3.63, 3.8) is 0 Å². The molecular weight excluding hydrogens is 244 g/mol. The van der Waals surface area contributed by atoms with E-state index < -0.39 is 5.97 Å². The van der Waals surface area contributed by atoms with Crippen molar-refractivity contribution in [2.45, 2.75) is 12.8 Å². The van der Waals surface area contributed by atoms with Crippen LogP contribution in [-0.4, -0.2) is 21.3 Å². The summed E-state index contributed by atoms with van der Waals surface area (Å²) in [6, 6.07) is 6.96. The van der Waals surface area contributed by atoms with Crippen LogP contribution in [0.2, 0.25) is 5.02 Å². The van der Waals surface area contributed by atoms with Crippen LogP contribution in [0.5, 0.6) is 0 Å². The zero-order valence-electron chi connectivity index (χ0n) is 8.76. The molecule has 0 fully saturated rings. The zero-order chi connectivity index (χ0) is 12.3. The first-order valence-corrected chi connectivity index (χ1v) is 5.33. The average molecular weight is 253 g/mol.